The van der Waals surface area contributed by atoms with Crippen LogP contribution in [-0.2, 0) is 4.79 Å². The van der Waals surface area contributed by atoms with Crippen molar-refractivity contribution in [3.63, 3.8) is 0 Å². The van der Waals surface area contributed by atoms with Crippen LogP contribution in [0, 0.1) is 0 Å². The minimum atomic E-state index is -0.275. The number of carbonyl (C=O) groups excluding carboxylic acids is 2. The van der Waals surface area contributed by atoms with E-state index in [1.54, 1.807) is 12.1 Å². The Bertz CT molecular complexity index is 462. The van der Waals surface area contributed by atoms with Crippen molar-refractivity contribution in [2.24, 2.45) is 0 Å². The van der Waals surface area contributed by atoms with E-state index in [-0.39, 0.29) is 37.7 Å². The molecule has 0 aromatic heterocycles. The predicted octanol–water partition coefficient (Wildman–Crippen LogP) is 1.42. The summed E-state index contributed by atoms with van der Waals surface area (Å²) in [5.74, 6) is -0.0490. The number of ketones is 1. The van der Waals surface area contributed by atoms with Gasteiger partial charge in [0.1, 0.15) is 5.75 Å². The fraction of sp³-hybridized carbons (Fsp3) is 0.385. The van der Waals surface area contributed by atoms with Crippen LogP contribution in [0.15, 0.2) is 18.2 Å². The van der Waals surface area contributed by atoms with Crippen LogP contribution in [-0.4, -0.2) is 37.1 Å². The maximum atomic E-state index is 12.0. The van der Waals surface area contributed by atoms with Gasteiger partial charge in [-0.1, -0.05) is 11.6 Å². The Labute approximate surface area is 116 Å². The molecule has 1 rings (SSSR count). The second-order valence-corrected chi connectivity index (χ2v) is 4.28. The molecular formula is C13H16ClNO4. The Morgan fingerprint density at radius 2 is 2.11 bits per heavy atom. The second kappa shape index (κ2) is 7.76. The first-order valence-corrected chi connectivity index (χ1v) is 6.20. The molecule has 19 heavy (non-hydrogen) atoms. The van der Waals surface area contributed by atoms with E-state index in [1.165, 1.54) is 13.2 Å². The molecule has 1 amide bonds. The summed E-state index contributed by atoms with van der Waals surface area (Å²) in [5.41, 5.74) is 0.366. The standard InChI is InChI=1S/C13H16ClNO4/c1-19-12-4-2-9(14)8-10(12)11(17)3-5-13(18)15-6-7-16/h2,4,8,16H,3,5-7H2,1H3,(H,15,18). The van der Waals surface area contributed by atoms with E-state index in [1.807, 2.05) is 0 Å². The Kier molecular flexibility index (Phi) is 6.32. The lowest BCUT2D eigenvalue weighted by molar-refractivity contribution is -0.121. The number of Topliss-reactive ketones (excluding diaryl/α,β-unsaturated/α-hetero) is 1. The van der Waals surface area contributed by atoms with Crippen molar-refractivity contribution in [1.29, 1.82) is 0 Å². The Morgan fingerprint density at radius 1 is 1.37 bits per heavy atom. The van der Waals surface area contributed by atoms with Crippen molar-refractivity contribution < 1.29 is 19.4 Å². The van der Waals surface area contributed by atoms with Crippen LogP contribution in [0.2, 0.25) is 5.02 Å². The topological polar surface area (TPSA) is 75.6 Å². The molecule has 0 saturated carbocycles. The number of nitrogens with one attached hydrogen (secondary N) is 1. The normalized spacial score (nSPS) is 10.1. The van der Waals surface area contributed by atoms with Crippen molar-refractivity contribution in [3.8, 4) is 5.75 Å². The Balaban J connectivity index is 2.63. The summed E-state index contributed by atoms with van der Waals surface area (Å²) in [4.78, 5) is 23.3. The van der Waals surface area contributed by atoms with Gasteiger partial charge in [0.15, 0.2) is 5.78 Å². The third kappa shape index (κ3) is 4.89. The molecule has 0 spiro atoms. The average Bonchev–Trinajstić information content (AvgIpc) is 2.42. The quantitative estimate of drug-likeness (QED) is 0.743. The first-order chi connectivity index (χ1) is 9.08. The summed E-state index contributed by atoms with van der Waals surface area (Å²) < 4.78 is 5.08. The van der Waals surface area contributed by atoms with Crippen LogP contribution in [0.3, 0.4) is 0 Å². The SMILES string of the molecule is COc1ccc(Cl)cc1C(=O)CCC(=O)NCCO. The van der Waals surface area contributed by atoms with Gasteiger partial charge in [-0.3, -0.25) is 9.59 Å². The lowest BCUT2D eigenvalue weighted by Crippen LogP contribution is -2.26. The monoisotopic (exact) mass is 285 g/mol. The molecule has 0 unspecified atom stereocenters. The van der Waals surface area contributed by atoms with E-state index in [4.69, 9.17) is 21.4 Å². The summed E-state index contributed by atoms with van der Waals surface area (Å²) in [7, 11) is 1.47. The van der Waals surface area contributed by atoms with Gasteiger partial charge in [-0.25, -0.2) is 0 Å². The third-order valence-corrected chi connectivity index (χ3v) is 2.71. The van der Waals surface area contributed by atoms with Crippen LogP contribution in [0.5, 0.6) is 5.75 Å². The van der Waals surface area contributed by atoms with E-state index in [0.717, 1.165) is 0 Å². The van der Waals surface area contributed by atoms with Crippen molar-refractivity contribution in [1.82, 2.24) is 5.32 Å². The number of rotatable bonds is 7. The average molecular weight is 286 g/mol. The molecule has 0 fully saturated rings. The molecule has 6 heteroatoms. The molecular weight excluding hydrogens is 270 g/mol. The van der Waals surface area contributed by atoms with Crippen LogP contribution in [0.4, 0.5) is 0 Å². The molecule has 2 N–H and O–H groups in total. The molecule has 0 atom stereocenters. The van der Waals surface area contributed by atoms with Crippen LogP contribution in [0.1, 0.15) is 23.2 Å². The number of aliphatic hydroxyl groups is 1. The highest BCUT2D eigenvalue weighted by Crippen LogP contribution is 2.24. The van der Waals surface area contributed by atoms with Gasteiger partial charge in [0.05, 0.1) is 19.3 Å². The summed E-state index contributed by atoms with van der Waals surface area (Å²) in [6.45, 7) is 0.0648. The van der Waals surface area contributed by atoms with Crippen LogP contribution in [0.25, 0.3) is 0 Å². The summed E-state index contributed by atoms with van der Waals surface area (Å²) in [6.07, 6.45) is 0.127. The van der Waals surface area contributed by atoms with Gasteiger partial charge in [-0.2, -0.15) is 0 Å². The fourth-order valence-electron chi connectivity index (χ4n) is 1.54. The number of amides is 1. The van der Waals surface area contributed by atoms with E-state index in [9.17, 15) is 9.59 Å². The lowest BCUT2D eigenvalue weighted by atomic mass is 10.1. The largest absolute Gasteiger partial charge is 0.496 e. The Hall–Kier alpha value is -1.59. The molecule has 1 aromatic carbocycles. The molecule has 1 aromatic rings. The highest BCUT2D eigenvalue weighted by molar-refractivity contribution is 6.31. The second-order valence-electron chi connectivity index (χ2n) is 3.84. The Morgan fingerprint density at radius 3 is 2.74 bits per heavy atom. The lowest BCUT2D eigenvalue weighted by Gasteiger charge is -2.08. The third-order valence-electron chi connectivity index (χ3n) is 2.48. The molecule has 104 valence electrons. The molecule has 0 heterocycles. The fourth-order valence-corrected chi connectivity index (χ4v) is 1.72. The van der Waals surface area contributed by atoms with Crippen molar-refractivity contribution in [2.75, 3.05) is 20.3 Å². The summed E-state index contributed by atoms with van der Waals surface area (Å²) in [6, 6.07) is 4.76. The van der Waals surface area contributed by atoms with Gasteiger partial charge in [-0.05, 0) is 18.2 Å². The first-order valence-electron chi connectivity index (χ1n) is 5.82. The minimum Gasteiger partial charge on any atom is -0.496 e. The van der Waals surface area contributed by atoms with Gasteiger partial charge in [0, 0.05) is 24.4 Å². The van der Waals surface area contributed by atoms with E-state index in [2.05, 4.69) is 5.32 Å². The van der Waals surface area contributed by atoms with Crippen LogP contribution < -0.4 is 10.1 Å². The maximum absolute atomic E-state index is 12.0. The molecule has 0 aliphatic heterocycles. The zero-order valence-electron chi connectivity index (χ0n) is 10.6. The van der Waals surface area contributed by atoms with Gasteiger partial charge in [0.25, 0.3) is 0 Å². The highest BCUT2D eigenvalue weighted by atomic mass is 35.5. The predicted molar refractivity (Wildman–Crippen MR) is 71.7 cm³/mol. The maximum Gasteiger partial charge on any atom is 0.220 e. The first kappa shape index (κ1) is 15.5. The minimum absolute atomic E-state index is 0.0635. The van der Waals surface area contributed by atoms with Gasteiger partial charge in [-0.15, -0.1) is 0 Å². The molecule has 5 nitrogen and oxygen atoms in total. The zero-order chi connectivity index (χ0) is 14.3. The van der Waals surface area contributed by atoms with E-state index >= 15 is 0 Å². The molecule has 0 radical (unpaired) electrons. The number of ether oxygens (including phenoxy) is 1. The number of benzene rings is 1. The highest BCUT2D eigenvalue weighted by Gasteiger charge is 2.14. The van der Waals surface area contributed by atoms with Crippen molar-refractivity contribution >= 4 is 23.3 Å². The number of hydrogen-bond donors (Lipinski definition) is 2. The molecule has 0 saturated heterocycles. The van der Waals surface area contributed by atoms with Crippen LogP contribution >= 0.6 is 11.6 Å². The zero-order valence-corrected chi connectivity index (χ0v) is 11.4. The smallest absolute Gasteiger partial charge is 0.220 e. The number of halogens is 1. The molecule has 0 bridgehead atoms. The number of methoxy groups -OCH3 is 1. The van der Waals surface area contributed by atoms with Crippen molar-refractivity contribution in [3.05, 3.63) is 28.8 Å². The molecule has 0 aliphatic rings. The number of carbonyl (C=O) groups is 2. The summed E-state index contributed by atoms with van der Waals surface area (Å²) >= 11 is 5.83. The number of aliphatic hydroxyl groups excluding tert-OH is 1. The number of hydrogen-bond acceptors (Lipinski definition) is 4. The van der Waals surface area contributed by atoms with Gasteiger partial charge in [0.2, 0.25) is 5.91 Å². The van der Waals surface area contributed by atoms with Gasteiger partial charge >= 0.3 is 0 Å². The van der Waals surface area contributed by atoms with Gasteiger partial charge < -0.3 is 15.2 Å². The summed E-state index contributed by atoms with van der Waals surface area (Å²) in [5, 5.41) is 11.5. The van der Waals surface area contributed by atoms with E-state index in [0.29, 0.717) is 16.3 Å². The van der Waals surface area contributed by atoms with Crippen molar-refractivity contribution in [2.45, 2.75) is 12.8 Å². The van der Waals surface area contributed by atoms with E-state index < -0.39 is 0 Å². The molecule has 0 aliphatic carbocycles.